The van der Waals surface area contributed by atoms with Gasteiger partial charge < -0.3 is 10.4 Å². The van der Waals surface area contributed by atoms with Crippen LogP contribution in [-0.2, 0) is 5.92 Å². The predicted molar refractivity (Wildman–Crippen MR) is 59.9 cm³/mol. The summed E-state index contributed by atoms with van der Waals surface area (Å²) in [5.41, 5.74) is -0.145. The Hall–Kier alpha value is -0.710. The summed E-state index contributed by atoms with van der Waals surface area (Å²) in [5.74, 6) is -3.07. The molecule has 5 heteroatoms. The molecule has 0 saturated carbocycles. The van der Waals surface area contributed by atoms with Gasteiger partial charge >= 0.3 is 0 Å². The SMILES string of the molecule is CNCC(O)c1cccc(Cl)c1C(C)(F)F. The van der Waals surface area contributed by atoms with Gasteiger partial charge in [-0.25, -0.2) is 8.78 Å². The molecule has 1 unspecified atom stereocenters. The Kier molecular flexibility index (Phi) is 4.24. The number of alkyl halides is 2. The molecule has 1 rings (SSSR count). The van der Waals surface area contributed by atoms with E-state index in [2.05, 4.69) is 5.32 Å². The van der Waals surface area contributed by atoms with Gasteiger partial charge in [0.15, 0.2) is 0 Å². The first-order valence-electron chi connectivity index (χ1n) is 4.87. The number of benzene rings is 1. The first kappa shape index (κ1) is 13.4. The first-order valence-corrected chi connectivity index (χ1v) is 5.25. The molecule has 2 N–H and O–H groups in total. The highest BCUT2D eigenvalue weighted by atomic mass is 35.5. The Morgan fingerprint density at radius 1 is 1.50 bits per heavy atom. The average molecular weight is 250 g/mol. The monoisotopic (exact) mass is 249 g/mol. The zero-order chi connectivity index (χ0) is 12.3. The van der Waals surface area contributed by atoms with Gasteiger partial charge in [-0.3, -0.25) is 0 Å². The maximum Gasteiger partial charge on any atom is 0.272 e. The largest absolute Gasteiger partial charge is 0.387 e. The summed E-state index contributed by atoms with van der Waals surface area (Å²) in [7, 11) is 1.64. The molecule has 0 aliphatic carbocycles. The molecule has 0 spiro atoms. The first-order chi connectivity index (χ1) is 7.38. The maximum atomic E-state index is 13.4. The zero-order valence-electron chi connectivity index (χ0n) is 9.10. The third-order valence-corrected chi connectivity index (χ3v) is 2.56. The molecule has 0 aliphatic rings. The molecule has 0 fully saturated rings. The van der Waals surface area contributed by atoms with Crippen LogP contribution in [0.2, 0.25) is 5.02 Å². The lowest BCUT2D eigenvalue weighted by Crippen LogP contribution is -2.21. The van der Waals surface area contributed by atoms with Crippen molar-refractivity contribution in [2.75, 3.05) is 13.6 Å². The normalized spacial score (nSPS) is 13.9. The van der Waals surface area contributed by atoms with E-state index < -0.39 is 12.0 Å². The van der Waals surface area contributed by atoms with Crippen LogP contribution in [0.1, 0.15) is 24.2 Å². The Balaban J connectivity index is 3.23. The molecule has 1 aromatic rings. The second-order valence-electron chi connectivity index (χ2n) is 3.67. The van der Waals surface area contributed by atoms with Gasteiger partial charge in [-0.15, -0.1) is 0 Å². The van der Waals surface area contributed by atoms with Crippen LogP contribution in [-0.4, -0.2) is 18.7 Å². The maximum absolute atomic E-state index is 13.4. The average Bonchev–Trinajstić information content (AvgIpc) is 2.15. The van der Waals surface area contributed by atoms with E-state index in [-0.39, 0.29) is 22.7 Å². The highest BCUT2D eigenvalue weighted by Gasteiger charge is 2.32. The van der Waals surface area contributed by atoms with Crippen LogP contribution < -0.4 is 5.32 Å². The van der Waals surface area contributed by atoms with Gasteiger partial charge in [0.05, 0.1) is 11.1 Å². The summed E-state index contributed by atoms with van der Waals surface area (Å²) >= 11 is 5.75. The lowest BCUT2D eigenvalue weighted by atomic mass is 9.98. The number of aliphatic hydroxyl groups is 1. The van der Waals surface area contributed by atoms with Gasteiger partial charge in [0, 0.05) is 19.0 Å². The van der Waals surface area contributed by atoms with Crippen molar-refractivity contribution in [2.24, 2.45) is 0 Å². The molecule has 90 valence electrons. The van der Waals surface area contributed by atoms with Crippen molar-refractivity contribution in [1.29, 1.82) is 0 Å². The van der Waals surface area contributed by atoms with Gasteiger partial charge in [0.1, 0.15) is 0 Å². The number of rotatable bonds is 4. The van der Waals surface area contributed by atoms with E-state index in [1.165, 1.54) is 12.1 Å². The number of hydrogen-bond donors (Lipinski definition) is 2. The van der Waals surface area contributed by atoms with Gasteiger partial charge in [0.2, 0.25) is 0 Å². The topological polar surface area (TPSA) is 32.3 Å². The third kappa shape index (κ3) is 2.90. The fourth-order valence-corrected chi connectivity index (χ4v) is 1.93. The van der Waals surface area contributed by atoms with Crippen LogP contribution in [0.4, 0.5) is 8.78 Å². The lowest BCUT2D eigenvalue weighted by molar-refractivity contribution is 0.0138. The third-order valence-electron chi connectivity index (χ3n) is 2.24. The molecule has 0 saturated heterocycles. The van der Waals surface area contributed by atoms with E-state index in [9.17, 15) is 13.9 Å². The standard InChI is InChI=1S/C11H14ClF2NO/c1-11(13,14)10-7(9(16)6-15-2)4-3-5-8(10)12/h3-5,9,15-16H,6H2,1-2H3. The van der Waals surface area contributed by atoms with Crippen molar-refractivity contribution < 1.29 is 13.9 Å². The van der Waals surface area contributed by atoms with E-state index in [0.717, 1.165) is 6.92 Å². The summed E-state index contributed by atoms with van der Waals surface area (Å²) in [6.45, 7) is 0.966. The Labute approximate surface area is 98.2 Å². The van der Waals surface area contributed by atoms with Crippen LogP contribution in [0.15, 0.2) is 18.2 Å². The van der Waals surface area contributed by atoms with Crippen LogP contribution in [0.5, 0.6) is 0 Å². The molecule has 0 amide bonds. The molecule has 0 aliphatic heterocycles. The van der Waals surface area contributed by atoms with Crippen molar-refractivity contribution >= 4 is 11.6 Å². The second-order valence-corrected chi connectivity index (χ2v) is 4.07. The molecule has 2 nitrogen and oxygen atoms in total. The van der Waals surface area contributed by atoms with Gasteiger partial charge in [-0.1, -0.05) is 23.7 Å². The summed E-state index contributed by atoms with van der Waals surface area (Å²) < 4.78 is 26.7. The Morgan fingerprint density at radius 2 is 2.12 bits per heavy atom. The Morgan fingerprint density at radius 3 is 2.62 bits per heavy atom. The highest BCUT2D eigenvalue weighted by Crippen LogP contribution is 2.37. The van der Waals surface area contributed by atoms with Crippen LogP contribution >= 0.6 is 11.6 Å². The van der Waals surface area contributed by atoms with Crippen molar-refractivity contribution in [3.05, 3.63) is 34.3 Å². The van der Waals surface area contributed by atoms with Crippen molar-refractivity contribution in [3.8, 4) is 0 Å². The predicted octanol–water partition coefficient (Wildman–Crippen LogP) is 2.70. The molecule has 0 heterocycles. The van der Waals surface area contributed by atoms with Crippen LogP contribution in [0.25, 0.3) is 0 Å². The fraction of sp³-hybridized carbons (Fsp3) is 0.455. The molecule has 0 aromatic heterocycles. The number of halogens is 3. The highest BCUT2D eigenvalue weighted by molar-refractivity contribution is 6.31. The van der Waals surface area contributed by atoms with Crippen molar-refractivity contribution in [2.45, 2.75) is 19.0 Å². The summed E-state index contributed by atoms with van der Waals surface area (Å²) in [4.78, 5) is 0. The molecular weight excluding hydrogens is 236 g/mol. The summed E-state index contributed by atoms with van der Waals surface area (Å²) in [6.07, 6.45) is -0.996. The fourth-order valence-electron chi connectivity index (χ4n) is 1.58. The minimum atomic E-state index is -3.07. The molecule has 0 bridgehead atoms. The lowest BCUT2D eigenvalue weighted by Gasteiger charge is -2.20. The van der Waals surface area contributed by atoms with E-state index in [4.69, 9.17) is 11.6 Å². The van der Waals surface area contributed by atoms with E-state index in [1.807, 2.05) is 0 Å². The summed E-state index contributed by atoms with van der Waals surface area (Å²) in [5, 5.41) is 12.4. The minimum absolute atomic E-state index is 0.0276. The van der Waals surface area contributed by atoms with Gasteiger partial charge in [-0.05, 0) is 18.7 Å². The van der Waals surface area contributed by atoms with Gasteiger partial charge in [0.25, 0.3) is 5.92 Å². The van der Waals surface area contributed by atoms with Crippen LogP contribution in [0, 0.1) is 0 Å². The number of aliphatic hydroxyl groups excluding tert-OH is 1. The molecule has 1 aromatic carbocycles. The second kappa shape index (κ2) is 5.08. The molecule has 16 heavy (non-hydrogen) atoms. The number of likely N-dealkylation sites (N-methyl/N-ethyl adjacent to an activating group) is 1. The van der Waals surface area contributed by atoms with Gasteiger partial charge in [-0.2, -0.15) is 0 Å². The molecule has 0 radical (unpaired) electrons. The smallest absolute Gasteiger partial charge is 0.272 e. The molecule has 1 atom stereocenters. The van der Waals surface area contributed by atoms with Crippen molar-refractivity contribution in [3.63, 3.8) is 0 Å². The quantitative estimate of drug-likeness (QED) is 0.860. The van der Waals surface area contributed by atoms with Crippen molar-refractivity contribution in [1.82, 2.24) is 5.32 Å². The van der Waals surface area contributed by atoms with E-state index in [1.54, 1.807) is 13.1 Å². The van der Waals surface area contributed by atoms with Crippen LogP contribution in [0.3, 0.4) is 0 Å². The number of hydrogen-bond acceptors (Lipinski definition) is 2. The van der Waals surface area contributed by atoms with E-state index in [0.29, 0.717) is 0 Å². The van der Waals surface area contributed by atoms with E-state index >= 15 is 0 Å². The minimum Gasteiger partial charge on any atom is -0.387 e. The molecular formula is C11H14ClF2NO. The Bertz CT molecular complexity index is 365. The zero-order valence-corrected chi connectivity index (χ0v) is 9.85. The summed E-state index contributed by atoms with van der Waals surface area (Å²) in [6, 6.07) is 4.40. The number of nitrogens with one attached hydrogen (secondary N) is 1.